The summed E-state index contributed by atoms with van der Waals surface area (Å²) in [6.45, 7) is 10.8. The van der Waals surface area contributed by atoms with Gasteiger partial charge in [0.15, 0.2) is 0 Å². The number of aromatic nitrogens is 4. The number of para-hydroxylation sites is 2. The molecule has 5 nitrogen and oxygen atoms in total. The van der Waals surface area contributed by atoms with E-state index >= 15 is 0 Å². The predicted octanol–water partition coefficient (Wildman–Crippen LogP) is 16.2. The van der Waals surface area contributed by atoms with Crippen molar-refractivity contribution in [2.24, 2.45) is 0 Å². The summed E-state index contributed by atoms with van der Waals surface area (Å²) in [4.78, 5) is 4.97. The Morgan fingerprint density at radius 2 is 1.25 bits per heavy atom. The Morgan fingerprint density at radius 3 is 1.99 bits per heavy atom. The molecule has 9 aromatic carbocycles. The molecule has 1 aliphatic carbocycles. The summed E-state index contributed by atoms with van der Waals surface area (Å²) in [5.41, 5.74) is 10.3. The van der Waals surface area contributed by atoms with Gasteiger partial charge < -0.3 is 13.9 Å². The first-order valence-corrected chi connectivity index (χ1v) is 23.9. The molecule has 356 valence electrons. The molecule has 0 radical (unpaired) electrons. The van der Waals surface area contributed by atoms with Crippen LogP contribution in [0, 0.1) is 18.5 Å². The van der Waals surface area contributed by atoms with Crippen molar-refractivity contribution in [3.63, 3.8) is 0 Å². The van der Waals surface area contributed by atoms with Crippen LogP contribution in [0.1, 0.15) is 65.0 Å². The van der Waals surface area contributed by atoms with Crippen LogP contribution in [0.5, 0.6) is 11.5 Å². The molecule has 1 aliphatic rings. The van der Waals surface area contributed by atoms with Gasteiger partial charge in [-0.1, -0.05) is 192 Å². The summed E-state index contributed by atoms with van der Waals surface area (Å²) in [5.74, 6) is 1.51. The molecule has 0 fully saturated rings. The van der Waals surface area contributed by atoms with Crippen LogP contribution in [0.25, 0.3) is 94.5 Å². The van der Waals surface area contributed by atoms with Crippen molar-refractivity contribution in [3.8, 4) is 73.2 Å². The third-order valence-corrected chi connectivity index (χ3v) is 14.0. The SMILES string of the molecule is [2H]c1c([2H])c([2H])c(-c2cccc(-c3c([2H])c([2H])c([2H])c([2H])c3[2H])c2-[n+]2[c-]n(-c3[c-]c(Oc4[c-]c5c(cc4)c4cccc(-c6ccccc6)c4n5-c4cc(C(C)(C)C)ccn4)ccc3)c3cc4c(cc32)C(C)(C)c2ccccc2-4)c([2H])c1[2H].[Pt]. The van der Waals surface area contributed by atoms with Gasteiger partial charge in [-0.25, -0.2) is 4.98 Å². The molecular formula is C67H50N4OPt-2. The molecule has 0 saturated heterocycles. The van der Waals surface area contributed by atoms with E-state index in [1.807, 2.05) is 65.4 Å². The number of hydrogen-bond acceptors (Lipinski definition) is 2. The molecule has 0 saturated carbocycles. The van der Waals surface area contributed by atoms with Crippen molar-refractivity contribution >= 4 is 32.8 Å². The Bertz CT molecular complexity index is 4550. The Balaban J connectivity index is 0.00000680. The first kappa shape index (κ1) is 35.9. The van der Waals surface area contributed by atoms with E-state index in [-0.39, 0.29) is 54.4 Å². The quantitative estimate of drug-likeness (QED) is 0.112. The monoisotopic (exact) mass is 1130 g/mol. The molecule has 0 spiro atoms. The second-order valence-electron chi connectivity index (χ2n) is 19.7. The number of rotatable bonds is 8. The minimum Gasteiger partial charge on any atom is -0.510 e. The number of imidazole rings is 1. The van der Waals surface area contributed by atoms with Gasteiger partial charge in [-0.05, 0) is 96.4 Å². The van der Waals surface area contributed by atoms with Crippen molar-refractivity contribution in [3.05, 3.63) is 247 Å². The molecule has 6 heteroatoms. The van der Waals surface area contributed by atoms with E-state index < -0.39 is 65.8 Å². The fourth-order valence-electron chi connectivity index (χ4n) is 10.5. The number of fused-ring (bicyclic) bond motifs is 7. The van der Waals surface area contributed by atoms with E-state index in [1.54, 1.807) is 28.8 Å². The first-order valence-electron chi connectivity index (χ1n) is 28.9. The van der Waals surface area contributed by atoms with E-state index in [4.69, 9.17) is 17.9 Å². The molecule has 0 bridgehead atoms. The number of ether oxygens (including phenoxy) is 1. The molecule has 0 atom stereocenters. The van der Waals surface area contributed by atoms with Crippen LogP contribution in [-0.4, -0.2) is 14.1 Å². The number of pyridine rings is 1. The summed E-state index contributed by atoms with van der Waals surface area (Å²) in [5, 5.41) is 1.99. The molecule has 3 aromatic heterocycles. The Morgan fingerprint density at radius 1 is 0.589 bits per heavy atom. The van der Waals surface area contributed by atoms with Crippen molar-refractivity contribution in [2.45, 2.75) is 45.4 Å². The third kappa shape index (κ3) is 7.73. The molecule has 0 unspecified atom stereocenters. The normalized spacial score (nSPS) is 14.6. The molecule has 12 aromatic rings. The number of benzene rings is 9. The fraction of sp³-hybridized carbons (Fsp3) is 0.104. The molecule has 0 amide bonds. The maximum Gasteiger partial charge on any atom is 0.268 e. The Hall–Kier alpha value is -8.11. The maximum atomic E-state index is 9.26. The van der Waals surface area contributed by atoms with Gasteiger partial charge in [0, 0.05) is 55.3 Å². The maximum absolute atomic E-state index is 9.26. The average Bonchev–Trinajstić information content (AvgIpc) is 1.82. The van der Waals surface area contributed by atoms with Gasteiger partial charge in [-0.2, -0.15) is 18.2 Å². The third-order valence-electron chi connectivity index (χ3n) is 14.0. The molecule has 0 N–H and O–H groups in total. The van der Waals surface area contributed by atoms with Crippen LogP contribution in [0.4, 0.5) is 0 Å². The van der Waals surface area contributed by atoms with Gasteiger partial charge in [0.1, 0.15) is 5.82 Å². The zero-order valence-electron chi connectivity index (χ0n) is 50.4. The van der Waals surface area contributed by atoms with Crippen molar-refractivity contribution in [1.29, 1.82) is 0 Å². The molecule has 13 rings (SSSR count). The largest absolute Gasteiger partial charge is 0.510 e. The second-order valence-corrected chi connectivity index (χ2v) is 19.7. The smallest absolute Gasteiger partial charge is 0.268 e. The Labute approximate surface area is 455 Å². The average molecular weight is 1130 g/mol. The van der Waals surface area contributed by atoms with Crippen LogP contribution >= 0.6 is 0 Å². The van der Waals surface area contributed by atoms with E-state index in [9.17, 15) is 5.48 Å². The van der Waals surface area contributed by atoms with Crippen LogP contribution in [0.2, 0.25) is 0 Å². The van der Waals surface area contributed by atoms with Gasteiger partial charge in [0.05, 0.1) is 30.4 Å². The minimum absolute atomic E-state index is 0. The Kier molecular flexibility index (Phi) is 8.79. The number of nitrogens with zero attached hydrogens (tertiary/aromatic N) is 4. The van der Waals surface area contributed by atoms with Crippen LogP contribution in [0.3, 0.4) is 0 Å². The van der Waals surface area contributed by atoms with E-state index in [2.05, 4.69) is 124 Å². The van der Waals surface area contributed by atoms with Crippen molar-refractivity contribution in [2.75, 3.05) is 0 Å². The minimum atomic E-state index is -0.576. The van der Waals surface area contributed by atoms with Gasteiger partial charge in [-0.15, -0.1) is 29.7 Å². The van der Waals surface area contributed by atoms with E-state index in [0.717, 1.165) is 66.6 Å². The topological polar surface area (TPSA) is 35.9 Å². The first-order chi connectivity index (χ1) is 39.2. The molecule has 73 heavy (non-hydrogen) atoms. The molecule has 0 aliphatic heterocycles. The van der Waals surface area contributed by atoms with Crippen molar-refractivity contribution < 1.29 is 44.1 Å². The summed E-state index contributed by atoms with van der Waals surface area (Å²) in [7, 11) is 0. The van der Waals surface area contributed by atoms with Gasteiger partial charge in [0.2, 0.25) is 0 Å². The number of hydrogen-bond donors (Lipinski definition) is 0. The molecule has 3 heterocycles. The van der Waals surface area contributed by atoms with Crippen LogP contribution in [0.15, 0.2) is 212 Å². The van der Waals surface area contributed by atoms with Gasteiger partial charge >= 0.3 is 0 Å². The summed E-state index contributed by atoms with van der Waals surface area (Å²) in [6.07, 6.45) is 5.42. The second kappa shape index (κ2) is 17.9. The predicted molar refractivity (Wildman–Crippen MR) is 293 cm³/mol. The molecular weight excluding hydrogens is 1070 g/mol. The van der Waals surface area contributed by atoms with Gasteiger partial charge in [-0.3, -0.25) is 4.57 Å². The van der Waals surface area contributed by atoms with E-state index in [1.165, 1.54) is 0 Å². The zero-order chi connectivity index (χ0) is 57.4. The zero-order valence-corrected chi connectivity index (χ0v) is 42.7. The summed E-state index contributed by atoms with van der Waals surface area (Å²) in [6, 6.07) is 49.3. The fourth-order valence-corrected chi connectivity index (χ4v) is 10.5. The van der Waals surface area contributed by atoms with Crippen molar-refractivity contribution in [1.82, 2.24) is 14.1 Å². The van der Waals surface area contributed by atoms with Crippen LogP contribution < -0.4 is 9.30 Å². The summed E-state index contributed by atoms with van der Waals surface area (Å²) >= 11 is 0. The van der Waals surface area contributed by atoms with E-state index in [0.29, 0.717) is 28.2 Å². The summed E-state index contributed by atoms with van der Waals surface area (Å²) < 4.78 is 102. The standard InChI is InChI=1S/C67H50N4O.Pt/c1-66(2,3)47-36-37-68-63(38-47)71-60-40-50(34-35-55(60)56-32-19-31-53(65(56)71)46-24-13-8-14-25-46)72-49-27-17-26-48(39-49)69-43-70(62-42-59-57(41-61(62)69)54-28-15-16-33-58(54)67(59,4)5)64-51(44-20-9-6-10-21-44)29-18-30-52(64)45-22-11-7-12-23-45;/h6-38,41-42H,1-5H3;/q-2;/i6D,7D,9D,10D,11D,12D,20D,21D,22D,23D;. The van der Waals surface area contributed by atoms with Gasteiger partial charge in [0.25, 0.3) is 6.33 Å². The van der Waals surface area contributed by atoms with Crippen LogP contribution in [-0.2, 0) is 31.9 Å².